The van der Waals surface area contributed by atoms with E-state index in [2.05, 4.69) is 4.98 Å². The van der Waals surface area contributed by atoms with Crippen LogP contribution in [0.25, 0.3) is 16.5 Å². The molecule has 2 aromatic rings. The van der Waals surface area contributed by atoms with Crippen LogP contribution in [0, 0.1) is 5.92 Å². The molecule has 150 valence electrons. The molecule has 1 aliphatic heterocycles. The van der Waals surface area contributed by atoms with Crippen molar-refractivity contribution in [3.8, 4) is 0 Å². The highest BCUT2D eigenvalue weighted by Crippen LogP contribution is 2.42. The van der Waals surface area contributed by atoms with Gasteiger partial charge in [-0.25, -0.2) is 0 Å². The van der Waals surface area contributed by atoms with Crippen LogP contribution in [0.4, 0.5) is 13.2 Å². The lowest BCUT2D eigenvalue weighted by atomic mass is 9.79. The Kier molecular flexibility index (Phi) is 4.73. The van der Waals surface area contributed by atoms with Gasteiger partial charge in [-0.2, -0.15) is 13.2 Å². The minimum absolute atomic E-state index is 0.0960. The number of carbonyl (C=O) groups excluding carboxylic acids is 1. The first-order valence-electron chi connectivity index (χ1n) is 9.73. The fourth-order valence-corrected chi connectivity index (χ4v) is 4.66. The van der Waals surface area contributed by atoms with Crippen LogP contribution < -0.4 is 0 Å². The summed E-state index contributed by atoms with van der Waals surface area (Å²) in [6, 6.07) is 5.47. The summed E-state index contributed by atoms with van der Waals surface area (Å²) in [4.78, 5) is 19.3. The van der Waals surface area contributed by atoms with E-state index >= 15 is 0 Å². The molecular formula is C21H24F3N3O. The average molecular weight is 391 g/mol. The number of benzene rings is 1. The van der Waals surface area contributed by atoms with Crippen LogP contribution in [0.1, 0.15) is 25.0 Å². The van der Waals surface area contributed by atoms with Crippen LogP contribution in [0.2, 0.25) is 0 Å². The van der Waals surface area contributed by atoms with Crippen LogP contribution in [0.3, 0.4) is 0 Å². The van der Waals surface area contributed by atoms with Crippen LogP contribution in [0.15, 0.2) is 30.5 Å². The second-order valence-corrected chi connectivity index (χ2v) is 7.55. The summed E-state index contributed by atoms with van der Waals surface area (Å²) in [5.41, 5.74) is 3.80. The number of hydrogen-bond donors (Lipinski definition) is 1. The summed E-state index contributed by atoms with van der Waals surface area (Å²) < 4.78 is 40.0. The number of carbonyl (C=O) groups is 1. The molecule has 0 saturated heterocycles. The van der Waals surface area contributed by atoms with Gasteiger partial charge in [0.05, 0.1) is 12.5 Å². The van der Waals surface area contributed by atoms with Crippen molar-refractivity contribution < 1.29 is 18.0 Å². The summed E-state index contributed by atoms with van der Waals surface area (Å²) in [6.45, 7) is 3.97. The van der Waals surface area contributed by atoms with Crippen molar-refractivity contribution in [3.63, 3.8) is 0 Å². The number of nitrogens with zero attached hydrogens (tertiary/aromatic N) is 2. The van der Waals surface area contributed by atoms with Gasteiger partial charge in [-0.15, -0.1) is 0 Å². The standard InChI is InChI=1S/C21H24F3N3O/c1-3-26(4-2)20(28)14-8-16-15-6-5-7-17-19(15)13(10-25-17)9-18(16)27(11-14)12-21(22,23)24/h5-8,10,14,18,25H,3-4,9,11-12H2,1-2H3/t14-,18-/m1/s1. The SMILES string of the molecule is CCN(CC)C(=O)[C@@H]1C=C2c3cccc4[nH]cc(c34)C[C@H]2N(CC(F)(F)F)C1. The van der Waals surface area contributed by atoms with Crippen LogP contribution in [0.5, 0.6) is 0 Å². The molecule has 28 heavy (non-hydrogen) atoms. The van der Waals surface area contributed by atoms with Gasteiger partial charge in [-0.05, 0) is 43.0 Å². The highest BCUT2D eigenvalue weighted by molar-refractivity contribution is 5.99. The molecule has 0 fully saturated rings. The summed E-state index contributed by atoms with van der Waals surface area (Å²) in [6.07, 6.45) is 0.0214. The topological polar surface area (TPSA) is 39.3 Å². The Hall–Kier alpha value is -2.28. The molecule has 4 nitrogen and oxygen atoms in total. The first-order chi connectivity index (χ1) is 13.3. The van der Waals surface area contributed by atoms with Gasteiger partial charge < -0.3 is 9.88 Å². The smallest absolute Gasteiger partial charge is 0.361 e. The fourth-order valence-electron chi connectivity index (χ4n) is 4.66. The van der Waals surface area contributed by atoms with E-state index in [0.717, 1.165) is 27.6 Å². The van der Waals surface area contributed by atoms with Crippen molar-refractivity contribution in [2.45, 2.75) is 32.5 Å². The summed E-state index contributed by atoms with van der Waals surface area (Å²) in [5, 5.41) is 1.06. The van der Waals surface area contributed by atoms with Crippen LogP contribution >= 0.6 is 0 Å². The van der Waals surface area contributed by atoms with Gasteiger partial charge >= 0.3 is 6.18 Å². The number of halogens is 3. The summed E-state index contributed by atoms with van der Waals surface area (Å²) in [7, 11) is 0. The van der Waals surface area contributed by atoms with Crippen molar-refractivity contribution >= 4 is 22.4 Å². The second-order valence-electron chi connectivity index (χ2n) is 7.55. The van der Waals surface area contributed by atoms with Crippen molar-refractivity contribution in [3.05, 3.63) is 41.6 Å². The number of aromatic nitrogens is 1. The third-order valence-electron chi connectivity index (χ3n) is 5.90. The Balaban J connectivity index is 1.80. The number of aromatic amines is 1. The normalized spacial score (nSPS) is 22.1. The highest BCUT2D eigenvalue weighted by Gasteiger charge is 2.42. The number of H-pyrrole nitrogens is 1. The van der Waals surface area contributed by atoms with E-state index in [1.807, 2.05) is 44.3 Å². The molecular weight excluding hydrogens is 367 g/mol. The van der Waals surface area contributed by atoms with E-state index in [0.29, 0.717) is 19.5 Å². The maximum atomic E-state index is 13.3. The second kappa shape index (κ2) is 6.95. The van der Waals surface area contributed by atoms with Crippen molar-refractivity contribution in [1.82, 2.24) is 14.8 Å². The zero-order valence-corrected chi connectivity index (χ0v) is 16.0. The van der Waals surface area contributed by atoms with Gasteiger partial charge in [0.15, 0.2) is 0 Å². The van der Waals surface area contributed by atoms with Crippen LogP contribution in [-0.2, 0) is 11.2 Å². The Morgan fingerprint density at radius 2 is 2.04 bits per heavy atom. The van der Waals surface area contributed by atoms with Gasteiger partial charge in [0.1, 0.15) is 0 Å². The van der Waals surface area contributed by atoms with Crippen molar-refractivity contribution in [2.24, 2.45) is 5.92 Å². The first kappa shape index (κ1) is 19.1. The molecule has 0 unspecified atom stereocenters. The molecule has 2 heterocycles. The summed E-state index contributed by atoms with van der Waals surface area (Å²) >= 11 is 0. The van der Waals surface area contributed by atoms with Crippen LogP contribution in [-0.4, -0.2) is 59.1 Å². The molecule has 7 heteroatoms. The van der Waals surface area contributed by atoms with E-state index in [4.69, 9.17) is 0 Å². The third-order valence-corrected chi connectivity index (χ3v) is 5.90. The Labute approximate surface area is 162 Å². The number of rotatable bonds is 4. The maximum absolute atomic E-state index is 13.3. The highest BCUT2D eigenvalue weighted by atomic mass is 19.4. The largest absolute Gasteiger partial charge is 0.401 e. The molecule has 0 spiro atoms. The molecule has 1 aliphatic carbocycles. The minimum atomic E-state index is -4.31. The quantitative estimate of drug-likeness (QED) is 0.860. The molecule has 4 rings (SSSR count). The lowest BCUT2D eigenvalue weighted by Gasteiger charge is -2.42. The van der Waals surface area contributed by atoms with Gasteiger partial charge in [0.2, 0.25) is 5.91 Å². The number of nitrogens with one attached hydrogen (secondary N) is 1. The number of amides is 1. The number of alkyl halides is 3. The van der Waals surface area contributed by atoms with Gasteiger partial charge in [0.25, 0.3) is 0 Å². The molecule has 1 aromatic carbocycles. The lowest BCUT2D eigenvalue weighted by Crippen LogP contribution is -2.52. The van der Waals surface area contributed by atoms with Crippen molar-refractivity contribution in [1.29, 1.82) is 0 Å². The molecule has 2 atom stereocenters. The monoisotopic (exact) mass is 391 g/mol. The minimum Gasteiger partial charge on any atom is -0.361 e. The average Bonchev–Trinajstić information content (AvgIpc) is 3.06. The Morgan fingerprint density at radius 3 is 2.71 bits per heavy atom. The molecule has 0 bridgehead atoms. The number of fused-ring (bicyclic) bond motifs is 2. The predicted octanol–water partition coefficient (Wildman–Crippen LogP) is 3.84. The van der Waals surface area contributed by atoms with E-state index in [9.17, 15) is 18.0 Å². The van der Waals surface area contributed by atoms with Gasteiger partial charge in [0, 0.05) is 42.8 Å². The zero-order valence-electron chi connectivity index (χ0n) is 16.0. The first-order valence-corrected chi connectivity index (χ1v) is 9.73. The predicted molar refractivity (Wildman–Crippen MR) is 103 cm³/mol. The third kappa shape index (κ3) is 3.21. The van der Waals surface area contributed by atoms with E-state index in [-0.39, 0.29) is 18.5 Å². The molecule has 1 N–H and O–H groups in total. The van der Waals surface area contributed by atoms with Gasteiger partial charge in [-0.1, -0.05) is 18.2 Å². The van der Waals surface area contributed by atoms with Gasteiger partial charge in [-0.3, -0.25) is 9.69 Å². The molecule has 1 amide bonds. The van der Waals surface area contributed by atoms with E-state index < -0.39 is 18.6 Å². The fraction of sp³-hybridized carbons (Fsp3) is 0.476. The Morgan fingerprint density at radius 1 is 1.29 bits per heavy atom. The lowest BCUT2D eigenvalue weighted by molar-refractivity contribution is -0.153. The molecule has 1 aromatic heterocycles. The van der Waals surface area contributed by atoms with Crippen molar-refractivity contribution in [2.75, 3.05) is 26.2 Å². The molecule has 0 radical (unpaired) electrons. The maximum Gasteiger partial charge on any atom is 0.401 e. The molecule has 2 aliphatic rings. The van der Waals surface area contributed by atoms with E-state index in [1.54, 1.807) is 4.90 Å². The zero-order chi connectivity index (χ0) is 20.1. The Bertz CT molecular complexity index is 927. The van der Waals surface area contributed by atoms with E-state index in [1.165, 1.54) is 4.90 Å². The molecule has 0 saturated carbocycles. The number of hydrogen-bond acceptors (Lipinski definition) is 2. The summed E-state index contributed by atoms with van der Waals surface area (Å²) in [5.74, 6) is -0.667.